The van der Waals surface area contributed by atoms with E-state index in [1.807, 2.05) is 78.9 Å². The first-order valence-corrected chi connectivity index (χ1v) is 11.6. The second-order valence-electron chi connectivity index (χ2n) is 6.95. The van der Waals surface area contributed by atoms with Crippen molar-refractivity contribution in [2.24, 2.45) is 0 Å². The molecule has 4 aromatic rings. The number of amides is 1. The first-order chi connectivity index (χ1) is 15.6. The van der Waals surface area contributed by atoms with E-state index < -0.39 is 0 Å². The summed E-state index contributed by atoms with van der Waals surface area (Å²) in [5.41, 5.74) is 2.18. The molecule has 4 rings (SSSR count). The van der Waals surface area contributed by atoms with E-state index in [1.54, 1.807) is 30.0 Å². The fourth-order valence-electron chi connectivity index (χ4n) is 2.95. The summed E-state index contributed by atoms with van der Waals surface area (Å²) >= 11 is 13.8. The zero-order valence-electron chi connectivity index (χ0n) is 16.9. The van der Waals surface area contributed by atoms with Crippen LogP contribution in [0.3, 0.4) is 0 Å². The van der Waals surface area contributed by atoms with Crippen molar-refractivity contribution in [3.8, 4) is 11.5 Å². The molecule has 4 aromatic carbocycles. The number of para-hydroxylation sites is 1. The molecule has 0 saturated carbocycles. The monoisotopic (exact) mass is 479 g/mol. The van der Waals surface area contributed by atoms with Crippen molar-refractivity contribution in [2.45, 2.75) is 10.6 Å². The maximum absolute atomic E-state index is 12.8. The minimum Gasteiger partial charge on any atom is -0.455 e. The summed E-state index contributed by atoms with van der Waals surface area (Å²) in [6.45, 7) is 0. The standard InChI is InChI=1S/C26H19Cl2NO2S/c27-20-10-13-23(14-11-20)32-17-18-6-8-19(9-7-18)26(30)29-24-16-21(28)12-15-25(24)31-22-4-2-1-3-5-22/h1-16H,17H2,(H,29,30). The predicted octanol–water partition coefficient (Wildman–Crippen LogP) is 8.33. The lowest BCUT2D eigenvalue weighted by molar-refractivity contribution is 0.102. The maximum Gasteiger partial charge on any atom is 0.255 e. The average Bonchev–Trinajstić information content (AvgIpc) is 2.81. The largest absolute Gasteiger partial charge is 0.455 e. The molecule has 6 heteroatoms. The van der Waals surface area contributed by atoms with Gasteiger partial charge < -0.3 is 10.1 Å². The van der Waals surface area contributed by atoms with Crippen molar-refractivity contribution in [1.82, 2.24) is 0 Å². The van der Waals surface area contributed by atoms with Gasteiger partial charge in [-0.15, -0.1) is 11.8 Å². The third kappa shape index (κ3) is 6.07. The molecule has 160 valence electrons. The highest BCUT2D eigenvalue weighted by atomic mass is 35.5. The molecule has 0 spiro atoms. The van der Waals surface area contributed by atoms with Crippen LogP contribution in [0.4, 0.5) is 5.69 Å². The van der Waals surface area contributed by atoms with E-state index in [9.17, 15) is 4.79 Å². The summed E-state index contributed by atoms with van der Waals surface area (Å²) in [6, 6.07) is 29.8. The van der Waals surface area contributed by atoms with Gasteiger partial charge in [-0.3, -0.25) is 4.79 Å². The smallest absolute Gasteiger partial charge is 0.255 e. The van der Waals surface area contributed by atoms with Crippen molar-refractivity contribution in [3.05, 3.63) is 118 Å². The van der Waals surface area contributed by atoms with Crippen LogP contribution in [0, 0.1) is 0 Å². The van der Waals surface area contributed by atoms with Gasteiger partial charge in [-0.1, -0.05) is 53.5 Å². The molecular formula is C26H19Cl2NO2S. The van der Waals surface area contributed by atoms with Crippen molar-refractivity contribution in [3.63, 3.8) is 0 Å². The van der Waals surface area contributed by atoms with Crippen LogP contribution in [0.2, 0.25) is 10.0 Å². The molecule has 0 heterocycles. The highest BCUT2D eigenvalue weighted by Gasteiger charge is 2.12. The molecule has 3 nitrogen and oxygen atoms in total. The Bertz CT molecular complexity index is 1200. The summed E-state index contributed by atoms with van der Waals surface area (Å²) < 4.78 is 5.92. The number of anilines is 1. The Morgan fingerprint density at radius 2 is 1.50 bits per heavy atom. The summed E-state index contributed by atoms with van der Waals surface area (Å²) in [5.74, 6) is 1.76. The SMILES string of the molecule is O=C(Nc1cc(Cl)ccc1Oc1ccccc1)c1ccc(CSc2ccc(Cl)cc2)cc1. The number of hydrogen-bond acceptors (Lipinski definition) is 3. The van der Waals surface area contributed by atoms with E-state index in [2.05, 4.69) is 5.32 Å². The fourth-order valence-corrected chi connectivity index (χ4v) is 4.10. The summed E-state index contributed by atoms with van der Waals surface area (Å²) in [4.78, 5) is 14.0. The zero-order valence-corrected chi connectivity index (χ0v) is 19.3. The van der Waals surface area contributed by atoms with Crippen LogP contribution < -0.4 is 10.1 Å². The molecule has 0 aliphatic heterocycles. The molecule has 0 aliphatic rings. The van der Waals surface area contributed by atoms with Gasteiger partial charge in [-0.2, -0.15) is 0 Å². The molecule has 0 unspecified atom stereocenters. The van der Waals surface area contributed by atoms with Gasteiger partial charge in [-0.05, 0) is 72.3 Å². The predicted molar refractivity (Wildman–Crippen MR) is 133 cm³/mol. The Hall–Kier alpha value is -2.92. The lowest BCUT2D eigenvalue weighted by atomic mass is 10.1. The van der Waals surface area contributed by atoms with Gasteiger partial charge in [0.25, 0.3) is 5.91 Å². The van der Waals surface area contributed by atoms with Crippen molar-refractivity contribution >= 4 is 46.6 Å². The Labute approximate surface area is 201 Å². The zero-order chi connectivity index (χ0) is 22.3. The van der Waals surface area contributed by atoms with Crippen molar-refractivity contribution in [2.75, 3.05) is 5.32 Å². The third-order valence-electron chi connectivity index (χ3n) is 4.60. The Morgan fingerprint density at radius 3 is 2.22 bits per heavy atom. The molecular weight excluding hydrogens is 461 g/mol. The van der Waals surface area contributed by atoms with Gasteiger partial charge in [-0.25, -0.2) is 0 Å². The molecule has 1 N–H and O–H groups in total. The van der Waals surface area contributed by atoms with E-state index in [1.165, 1.54) is 0 Å². The van der Waals surface area contributed by atoms with Crippen LogP contribution in [-0.2, 0) is 5.75 Å². The molecule has 1 amide bonds. The molecule has 0 radical (unpaired) electrons. The average molecular weight is 480 g/mol. The van der Waals surface area contributed by atoms with Crippen molar-refractivity contribution in [1.29, 1.82) is 0 Å². The lowest BCUT2D eigenvalue weighted by Gasteiger charge is -2.13. The number of benzene rings is 4. The van der Waals surface area contributed by atoms with Crippen LogP contribution in [-0.4, -0.2) is 5.91 Å². The molecule has 0 aromatic heterocycles. The third-order valence-corrected chi connectivity index (χ3v) is 6.17. The first-order valence-electron chi connectivity index (χ1n) is 9.88. The van der Waals surface area contributed by atoms with Crippen molar-refractivity contribution < 1.29 is 9.53 Å². The minimum atomic E-state index is -0.234. The van der Waals surface area contributed by atoms with Crippen LogP contribution in [0.15, 0.2) is 102 Å². The van der Waals surface area contributed by atoms with E-state index >= 15 is 0 Å². The van der Waals surface area contributed by atoms with Crippen LogP contribution in [0.1, 0.15) is 15.9 Å². The molecule has 0 fully saturated rings. The van der Waals surface area contributed by atoms with Crippen LogP contribution >= 0.6 is 35.0 Å². The second kappa shape index (κ2) is 10.6. The van der Waals surface area contributed by atoms with Crippen LogP contribution in [0.25, 0.3) is 0 Å². The summed E-state index contributed by atoms with van der Waals surface area (Å²) in [7, 11) is 0. The number of carbonyl (C=O) groups excluding carboxylic acids is 1. The van der Waals surface area contributed by atoms with Gasteiger partial charge in [0, 0.05) is 26.3 Å². The normalized spacial score (nSPS) is 10.6. The maximum atomic E-state index is 12.8. The first kappa shape index (κ1) is 22.3. The van der Waals surface area contributed by atoms with E-state index in [0.29, 0.717) is 27.8 Å². The molecule has 0 aliphatic carbocycles. The molecule has 0 saturated heterocycles. The highest BCUT2D eigenvalue weighted by Crippen LogP contribution is 2.32. The Kier molecular flexibility index (Phi) is 7.38. The Morgan fingerprint density at radius 1 is 0.812 bits per heavy atom. The molecule has 0 atom stereocenters. The number of nitrogens with one attached hydrogen (secondary N) is 1. The number of halogens is 2. The minimum absolute atomic E-state index is 0.234. The van der Waals surface area contributed by atoms with E-state index in [-0.39, 0.29) is 5.91 Å². The summed E-state index contributed by atoms with van der Waals surface area (Å²) in [6.07, 6.45) is 0. The number of thioether (sulfide) groups is 1. The topological polar surface area (TPSA) is 38.3 Å². The van der Waals surface area contributed by atoms with E-state index in [0.717, 1.165) is 21.2 Å². The Balaban J connectivity index is 1.42. The number of ether oxygens (including phenoxy) is 1. The highest BCUT2D eigenvalue weighted by molar-refractivity contribution is 7.98. The van der Waals surface area contributed by atoms with Gasteiger partial charge in [0.1, 0.15) is 5.75 Å². The van der Waals surface area contributed by atoms with Gasteiger partial charge >= 0.3 is 0 Å². The number of carbonyl (C=O) groups is 1. The van der Waals surface area contributed by atoms with Gasteiger partial charge in [0.2, 0.25) is 0 Å². The second-order valence-corrected chi connectivity index (χ2v) is 8.87. The van der Waals surface area contributed by atoms with E-state index in [4.69, 9.17) is 27.9 Å². The van der Waals surface area contributed by atoms with Gasteiger partial charge in [0.05, 0.1) is 5.69 Å². The number of hydrogen-bond donors (Lipinski definition) is 1. The molecule has 0 bridgehead atoms. The lowest BCUT2D eigenvalue weighted by Crippen LogP contribution is -2.12. The summed E-state index contributed by atoms with van der Waals surface area (Å²) in [5, 5.41) is 4.14. The molecule has 32 heavy (non-hydrogen) atoms. The quantitative estimate of drug-likeness (QED) is 0.270. The fraction of sp³-hybridized carbons (Fsp3) is 0.0385. The van der Waals surface area contributed by atoms with Gasteiger partial charge in [0.15, 0.2) is 5.75 Å². The number of rotatable bonds is 7. The van der Waals surface area contributed by atoms with Crippen LogP contribution in [0.5, 0.6) is 11.5 Å².